The fourth-order valence-corrected chi connectivity index (χ4v) is 2.68. The van der Waals surface area contributed by atoms with Crippen LogP contribution in [0, 0.1) is 6.92 Å². The second-order valence-electron chi connectivity index (χ2n) is 3.78. The summed E-state index contributed by atoms with van der Waals surface area (Å²) < 4.78 is 0. The van der Waals surface area contributed by atoms with E-state index in [1.54, 1.807) is 18.0 Å². The molecule has 2 rings (SSSR count). The van der Waals surface area contributed by atoms with Gasteiger partial charge in [0.05, 0.1) is 0 Å². The van der Waals surface area contributed by atoms with Gasteiger partial charge in [0.2, 0.25) is 0 Å². The molecule has 2 N–H and O–H groups in total. The Hall–Kier alpha value is -1.19. The summed E-state index contributed by atoms with van der Waals surface area (Å²) in [6.07, 6.45) is 1.69. The van der Waals surface area contributed by atoms with Crippen molar-refractivity contribution in [1.29, 1.82) is 0 Å². The third-order valence-electron chi connectivity index (χ3n) is 2.38. The number of pyridine rings is 1. The van der Waals surface area contributed by atoms with Gasteiger partial charge in [-0.2, -0.15) is 0 Å². The van der Waals surface area contributed by atoms with Crippen LogP contribution in [0.15, 0.2) is 41.4 Å². The highest BCUT2D eigenvalue weighted by atomic mass is 35.5. The Labute approximate surface area is 110 Å². The molecule has 4 heteroatoms. The number of hydrogen-bond donors (Lipinski definition) is 1. The smallest absolute Gasteiger partial charge is 0.133 e. The maximum atomic E-state index is 6.00. The summed E-state index contributed by atoms with van der Waals surface area (Å²) >= 11 is 7.67. The van der Waals surface area contributed by atoms with Crippen molar-refractivity contribution in [2.45, 2.75) is 17.6 Å². The molecule has 0 fully saturated rings. The van der Waals surface area contributed by atoms with Crippen molar-refractivity contribution in [2.75, 3.05) is 5.73 Å². The van der Waals surface area contributed by atoms with Crippen LogP contribution in [0.5, 0.6) is 0 Å². The van der Waals surface area contributed by atoms with Gasteiger partial charge in [0.1, 0.15) is 5.15 Å². The van der Waals surface area contributed by atoms with E-state index in [0.29, 0.717) is 5.15 Å². The van der Waals surface area contributed by atoms with Crippen molar-refractivity contribution >= 4 is 29.1 Å². The van der Waals surface area contributed by atoms with Crippen molar-refractivity contribution in [3.8, 4) is 0 Å². The van der Waals surface area contributed by atoms with E-state index in [9.17, 15) is 0 Å². The lowest BCUT2D eigenvalue weighted by atomic mass is 10.2. The van der Waals surface area contributed by atoms with Gasteiger partial charge < -0.3 is 5.73 Å². The fourth-order valence-electron chi connectivity index (χ4n) is 1.48. The molecule has 2 nitrogen and oxygen atoms in total. The number of nitrogens with zero attached hydrogens (tertiary/aromatic N) is 1. The van der Waals surface area contributed by atoms with Crippen molar-refractivity contribution < 1.29 is 0 Å². The summed E-state index contributed by atoms with van der Waals surface area (Å²) in [6, 6.07) is 9.95. The summed E-state index contributed by atoms with van der Waals surface area (Å²) in [6.45, 7) is 2.03. The van der Waals surface area contributed by atoms with Crippen molar-refractivity contribution in [2.24, 2.45) is 0 Å². The van der Waals surface area contributed by atoms with Crippen LogP contribution < -0.4 is 5.73 Å². The zero-order valence-electron chi connectivity index (χ0n) is 9.48. The molecule has 0 radical (unpaired) electrons. The molecule has 17 heavy (non-hydrogen) atoms. The molecular weight excluding hydrogens is 252 g/mol. The van der Waals surface area contributed by atoms with E-state index in [4.69, 9.17) is 17.3 Å². The van der Waals surface area contributed by atoms with Crippen LogP contribution in [0.25, 0.3) is 0 Å². The standard InChI is InChI=1S/C13H13ClN2S/c1-9-4-5-12(11(15)7-9)17-8-10-3-2-6-16-13(10)14/h2-7H,8,15H2,1H3. The number of hydrogen-bond acceptors (Lipinski definition) is 3. The molecule has 0 saturated heterocycles. The number of aryl methyl sites for hydroxylation is 1. The Morgan fingerprint density at radius 2 is 2.18 bits per heavy atom. The molecule has 0 bridgehead atoms. The van der Waals surface area contributed by atoms with E-state index in [1.165, 1.54) is 5.56 Å². The normalized spacial score (nSPS) is 10.5. The minimum absolute atomic E-state index is 0.561. The van der Waals surface area contributed by atoms with E-state index in [2.05, 4.69) is 11.1 Å². The van der Waals surface area contributed by atoms with E-state index < -0.39 is 0 Å². The van der Waals surface area contributed by atoms with Crippen molar-refractivity contribution in [1.82, 2.24) is 4.98 Å². The highest BCUT2D eigenvalue weighted by Gasteiger charge is 2.04. The van der Waals surface area contributed by atoms with Crippen molar-refractivity contribution in [3.63, 3.8) is 0 Å². The number of benzene rings is 1. The molecule has 0 spiro atoms. The van der Waals surface area contributed by atoms with Gasteiger partial charge in [-0.3, -0.25) is 0 Å². The van der Waals surface area contributed by atoms with E-state index in [1.807, 2.05) is 31.2 Å². The third kappa shape index (κ3) is 3.14. The van der Waals surface area contributed by atoms with E-state index in [-0.39, 0.29) is 0 Å². The number of thioether (sulfide) groups is 1. The Kier molecular flexibility index (Phi) is 3.92. The Bertz CT molecular complexity index is 529. The molecule has 1 heterocycles. The Morgan fingerprint density at radius 3 is 2.88 bits per heavy atom. The van der Waals surface area contributed by atoms with Gasteiger partial charge in [-0.1, -0.05) is 23.7 Å². The lowest BCUT2D eigenvalue weighted by Crippen LogP contribution is -1.91. The number of nitrogen functional groups attached to an aromatic ring is 1. The number of nitrogens with two attached hydrogens (primary N) is 1. The molecule has 0 atom stereocenters. The minimum Gasteiger partial charge on any atom is -0.398 e. The molecule has 0 unspecified atom stereocenters. The molecule has 0 saturated carbocycles. The average molecular weight is 265 g/mol. The van der Waals surface area contributed by atoms with Crippen molar-refractivity contribution in [3.05, 3.63) is 52.8 Å². The Morgan fingerprint density at radius 1 is 1.35 bits per heavy atom. The summed E-state index contributed by atoms with van der Waals surface area (Å²) in [4.78, 5) is 5.13. The maximum absolute atomic E-state index is 6.00. The summed E-state index contributed by atoms with van der Waals surface area (Å²) in [5.41, 5.74) is 8.97. The summed E-state index contributed by atoms with van der Waals surface area (Å²) in [7, 11) is 0. The molecular formula is C13H13ClN2S. The lowest BCUT2D eigenvalue weighted by Gasteiger charge is -2.07. The third-order valence-corrected chi connectivity index (χ3v) is 3.86. The molecule has 0 amide bonds. The van der Waals surface area contributed by atoms with Gasteiger partial charge >= 0.3 is 0 Å². The molecule has 1 aromatic carbocycles. The zero-order chi connectivity index (χ0) is 12.3. The van der Waals surface area contributed by atoms with Gasteiger partial charge in [0.25, 0.3) is 0 Å². The monoisotopic (exact) mass is 264 g/mol. The van der Waals surface area contributed by atoms with E-state index >= 15 is 0 Å². The second kappa shape index (κ2) is 5.43. The quantitative estimate of drug-likeness (QED) is 0.519. The summed E-state index contributed by atoms with van der Waals surface area (Å²) in [5.74, 6) is 0.778. The second-order valence-corrected chi connectivity index (χ2v) is 5.16. The van der Waals surface area contributed by atoms with Gasteiger partial charge in [-0.15, -0.1) is 11.8 Å². The first-order valence-electron chi connectivity index (χ1n) is 5.25. The number of rotatable bonds is 3. The first-order chi connectivity index (χ1) is 8.16. The van der Waals surface area contributed by atoms with Crippen LogP contribution in [0.3, 0.4) is 0 Å². The van der Waals surface area contributed by atoms with Crippen LogP contribution in [-0.4, -0.2) is 4.98 Å². The highest BCUT2D eigenvalue weighted by Crippen LogP contribution is 2.30. The molecule has 2 aromatic rings. The number of aromatic nitrogens is 1. The lowest BCUT2D eigenvalue weighted by molar-refractivity contribution is 1.25. The highest BCUT2D eigenvalue weighted by molar-refractivity contribution is 7.98. The first-order valence-corrected chi connectivity index (χ1v) is 6.61. The van der Waals surface area contributed by atoms with Gasteiger partial charge in [-0.05, 0) is 36.2 Å². The van der Waals surface area contributed by atoms with Gasteiger partial charge in [0, 0.05) is 22.5 Å². The molecule has 1 aromatic heterocycles. The minimum atomic E-state index is 0.561. The van der Waals surface area contributed by atoms with Crippen LogP contribution in [0.4, 0.5) is 5.69 Å². The summed E-state index contributed by atoms with van der Waals surface area (Å²) in [5, 5.41) is 0.561. The molecule has 0 aliphatic carbocycles. The van der Waals surface area contributed by atoms with Crippen LogP contribution in [0.1, 0.15) is 11.1 Å². The van der Waals surface area contributed by atoms with E-state index in [0.717, 1.165) is 21.9 Å². The largest absolute Gasteiger partial charge is 0.398 e. The topological polar surface area (TPSA) is 38.9 Å². The zero-order valence-corrected chi connectivity index (χ0v) is 11.1. The first kappa shape index (κ1) is 12.3. The Balaban J connectivity index is 2.10. The van der Waals surface area contributed by atoms with Gasteiger partial charge in [-0.25, -0.2) is 4.98 Å². The predicted octanol–water partition coefficient (Wildman–Crippen LogP) is 3.92. The fraction of sp³-hybridized carbons (Fsp3) is 0.154. The van der Waals surface area contributed by atoms with Crippen LogP contribution in [0.2, 0.25) is 5.15 Å². The van der Waals surface area contributed by atoms with Crippen LogP contribution >= 0.6 is 23.4 Å². The molecule has 88 valence electrons. The van der Waals surface area contributed by atoms with Crippen LogP contribution in [-0.2, 0) is 5.75 Å². The average Bonchev–Trinajstić information content (AvgIpc) is 2.30. The maximum Gasteiger partial charge on any atom is 0.133 e. The van der Waals surface area contributed by atoms with Gasteiger partial charge in [0.15, 0.2) is 0 Å². The number of halogens is 1. The SMILES string of the molecule is Cc1ccc(SCc2cccnc2Cl)c(N)c1. The molecule has 0 aliphatic heterocycles. The number of anilines is 1. The molecule has 0 aliphatic rings. The predicted molar refractivity (Wildman–Crippen MR) is 74.4 cm³/mol.